The van der Waals surface area contributed by atoms with E-state index >= 15 is 0 Å². The van der Waals surface area contributed by atoms with Crippen molar-refractivity contribution in [1.82, 2.24) is 14.8 Å². The normalized spacial score (nSPS) is 19.0. The van der Waals surface area contributed by atoms with Gasteiger partial charge in [0.1, 0.15) is 5.60 Å². The molecular formula is C19H31N3O3. The molecule has 0 bridgehead atoms. The molecule has 6 nitrogen and oxygen atoms in total. The number of carbonyl (C=O) groups is 1. The number of carbonyl (C=O) groups excluding carboxylic acids is 1. The number of rotatable bonds is 6. The van der Waals surface area contributed by atoms with E-state index in [1.165, 1.54) is 5.56 Å². The molecule has 2 rings (SSSR count). The van der Waals surface area contributed by atoms with Gasteiger partial charge in [-0.2, -0.15) is 0 Å². The second-order valence-electron chi connectivity index (χ2n) is 7.46. The summed E-state index contributed by atoms with van der Waals surface area (Å²) in [5, 5.41) is 0. The number of aromatic nitrogens is 1. The first-order chi connectivity index (χ1) is 11.9. The molecule has 0 radical (unpaired) electrons. The van der Waals surface area contributed by atoms with E-state index in [9.17, 15) is 4.79 Å². The van der Waals surface area contributed by atoms with Crippen LogP contribution in [0.2, 0.25) is 0 Å². The summed E-state index contributed by atoms with van der Waals surface area (Å²) < 4.78 is 10.7. The summed E-state index contributed by atoms with van der Waals surface area (Å²) in [6.07, 6.45) is 5.52. The van der Waals surface area contributed by atoms with Crippen LogP contribution in [-0.2, 0) is 9.47 Å². The second-order valence-corrected chi connectivity index (χ2v) is 7.46. The van der Waals surface area contributed by atoms with Crippen LogP contribution in [0.15, 0.2) is 24.5 Å². The monoisotopic (exact) mass is 349 g/mol. The molecule has 1 fully saturated rings. The molecule has 0 saturated carbocycles. The summed E-state index contributed by atoms with van der Waals surface area (Å²) in [5.41, 5.74) is 0.718. The largest absolute Gasteiger partial charge is 0.444 e. The summed E-state index contributed by atoms with van der Waals surface area (Å²) in [4.78, 5) is 20.8. The SMILES string of the molecule is COCCCCN1CCN(C(=O)OC(C)(C)C)CC1c1ccncc1. The Hall–Kier alpha value is -1.66. The van der Waals surface area contributed by atoms with Crippen LogP contribution in [0.4, 0.5) is 4.79 Å². The number of unbranched alkanes of at least 4 members (excludes halogenated alkanes) is 1. The molecule has 0 spiro atoms. The van der Waals surface area contributed by atoms with Gasteiger partial charge in [-0.3, -0.25) is 9.88 Å². The minimum absolute atomic E-state index is 0.173. The molecule has 2 heterocycles. The van der Waals surface area contributed by atoms with Crippen LogP contribution in [0.25, 0.3) is 0 Å². The van der Waals surface area contributed by atoms with E-state index in [0.717, 1.165) is 32.5 Å². The molecule has 1 unspecified atom stereocenters. The lowest BCUT2D eigenvalue weighted by atomic mass is 10.0. The van der Waals surface area contributed by atoms with E-state index in [4.69, 9.17) is 9.47 Å². The van der Waals surface area contributed by atoms with Gasteiger partial charge >= 0.3 is 6.09 Å². The fourth-order valence-corrected chi connectivity index (χ4v) is 3.04. The summed E-state index contributed by atoms with van der Waals surface area (Å²) >= 11 is 0. The van der Waals surface area contributed by atoms with Gasteiger partial charge in [0.05, 0.1) is 6.04 Å². The molecule has 1 amide bonds. The van der Waals surface area contributed by atoms with Gasteiger partial charge < -0.3 is 14.4 Å². The van der Waals surface area contributed by atoms with Gasteiger partial charge in [-0.1, -0.05) is 0 Å². The predicted molar refractivity (Wildman–Crippen MR) is 97.5 cm³/mol. The van der Waals surface area contributed by atoms with Gasteiger partial charge in [0.2, 0.25) is 0 Å². The van der Waals surface area contributed by atoms with Crippen molar-refractivity contribution in [2.24, 2.45) is 0 Å². The molecule has 1 aliphatic heterocycles. The maximum atomic E-state index is 12.5. The summed E-state index contributed by atoms with van der Waals surface area (Å²) in [5.74, 6) is 0. The number of amides is 1. The number of pyridine rings is 1. The molecule has 1 aliphatic rings. The van der Waals surface area contributed by atoms with Crippen LogP contribution in [-0.4, -0.2) is 66.4 Å². The quantitative estimate of drug-likeness (QED) is 0.739. The molecule has 0 aromatic carbocycles. The Kier molecular flexibility index (Phi) is 7.20. The van der Waals surface area contributed by atoms with Crippen LogP contribution in [0, 0.1) is 0 Å². The van der Waals surface area contributed by atoms with Crippen LogP contribution in [0.1, 0.15) is 45.2 Å². The lowest BCUT2D eigenvalue weighted by Crippen LogP contribution is -2.51. The molecular weight excluding hydrogens is 318 g/mol. The number of methoxy groups -OCH3 is 1. The number of hydrogen-bond acceptors (Lipinski definition) is 5. The number of piperazine rings is 1. The van der Waals surface area contributed by atoms with Crippen molar-refractivity contribution < 1.29 is 14.3 Å². The summed E-state index contributed by atoms with van der Waals surface area (Å²) in [6, 6.07) is 4.24. The van der Waals surface area contributed by atoms with Crippen molar-refractivity contribution in [2.45, 2.75) is 45.3 Å². The third kappa shape index (κ3) is 6.29. The molecule has 25 heavy (non-hydrogen) atoms. The fourth-order valence-electron chi connectivity index (χ4n) is 3.04. The highest BCUT2D eigenvalue weighted by atomic mass is 16.6. The minimum atomic E-state index is -0.472. The zero-order valence-electron chi connectivity index (χ0n) is 15.9. The van der Waals surface area contributed by atoms with E-state index in [-0.39, 0.29) is 12.1 Å². The van der Waals surface area contributed by atoms with Gasteiger partial charge in [-0.05, 0) is 57.9 Å². The highest BCUT2D eigenvalue weighted by Gasteiger charge is 2.32. The Bertz CT molecular complexity index is 530. The number of nitrogens with zero attached hydrogens (tertiary/aromatic N) is 3. The Labute approximate surface area is 151 Å². The third-order valence-electron chi connectivity index (χ3n) is 4.28. The van der Waals surface area contributed by atoms with Gasteiger partial charge in [0, 0.05) is 45.7 Å². The Morgan fingerprint density at radius 3 is 2.60 bits per heavy atom. The molecule has 1 atom stereocenters. The van der Waals surface area contributed by atoms with Crippen LogP contribution >= 0.6 is 0 Å². The minimum Gasteiger partial charge on any atom is -0.444 e. The van der Waals surface area contributed by atoms with Gasteiger partial charge in [-0.15, -0.1) is 0 Å². The topological polar surface area (TPSA) is 54.9 Å². The maximum absolute atomic E-state index is 12.5. The summed E-state index contributed by atoms with van der Waals surface area (Å²) in [6.45, 7) is 9.67. The first-order valence-corrected chi connectivity index (χ1v) is 9.01. The van der Waals surface area contributed by atoms with Crippen molar-refractivity contribution in [1.29, 1.82) is 0 Å². The van der Waals surface area contributed by atoms with Gasteiger partial charge in [0.15, 0.2) is 0 Å². The molecule has 0 aliphatic carbocycles. The maximum Gasteiger partial charge on any atom is 0.410 e. The van der Waals surface area contributed by atoms with Gasteiger partial charge in [-0.25, -0.2) is 4.79 Å². The zero-order chi connectivity index (χ0) is 18.3. The van der Waals surface area contributed by atoms with E-state index in [0.29, 0.717) is 13.1 Å². The third-order valence-corrected chi connectivity index (χ3v) is 4.28. The van der Waals surface area contributed by atoms with Crippen molar-refractivity contribution in [2.75, 3.05) is 39.9 Å². The van der Waals surface area contributed by atoms with Crippen molar-refractivity contribution >= 4 is 6.09 Å². The fraction of sp³-hybridized carbons (Fsp3) is 0.684. The lowest BCUT2D eigenvalue weighted by Gasteiger charge is -2.42. The smallest absolute Gasteiger partial charge is 0.410 e. The highest BCUT2D eigenvalue weighted by Crippen LogP contribution is 2.26. The molecule has 6 heteroatoms. The predicted octanol–water partition coefficient (Wildman–Crippen LogP) is 3.10. The molecule has 0 N–H and O–H groups in total. The highest BCUT2D eigenvalue weighted by molar-refractivity contribution is 5.68. The van der Waals surface area contributed by atoms with E-state index < -0.39 is 5.60 Å². The van der Waals surface area contributed by atoms with Crippen LogP contribution in [0.5, 0.6) is 0 Å². The Morgan fingerprint density at radius 2 is 1.96 bits per heavy atom. The summed E-state index contributed by atoms with van der Waals surface area (Å²) in [7, 11) is 1.74. The Balaban J connectivity index is 2.04. The number of ether oxygens (including phenoxy) is 2. The van der Waals surface area contributed by atoms with E-state index in [2.05, 4.69) is 9.88 Å². The zero-order valence-corrected chi connectivity index (χ0v) is 15.9. The second kappa shape index (κ2) is 9.15. The standard InChI is InChI=1S/C19H31N3O3/c1-19(2,3)25-18(23)22-13-12-21(11-5-6-14-24-4)17(15-22)16-7-9-20-10-8-16/h7-10,17H,5-6,11-15H2,1-4H3. The van der Waals surface area contributed by atoms with E-state index in [1.807, 2.05) is 50.2 Å². The first-order valence-electron chi connectivity index (χ1n) is 9.01. The van der Waals surface area contributed by atoms with Crippen molar-refractivity contribution in [3.8, 4) is 0 Å². The molecule has 1 aromatic heterocycles. The molecule has 140 valence electrons. The average Bonchev–Trinajstić information content (AvgIpc) is 2.58. The Morgan fingerprint density at radius 1 is 1.24 bits per heavy atom. The lowest BCUT2D eigenvalue weighted by molar-refractivity contribution is 0.00299. The number of hydrogen-bond donors (Lipinski definition) is 0. The average molecular weight is 349 g/mol. The van der Waals surface area contributed by atoms with Crippen molar-refractivity contribution in [3.05, 3.63) is 30.1 Å². The molecule has 1 saturated heterocycles. The van der Waals surface area contributed by atoms with Gasteiger partial charge in [0.25, 0.3) is 0 Å². The first kappa shape index (κ1) is 19.7. The van der Waals surface area contributed by atoms with Crippen molar-refractivity contribution in [3.63, 3.8) is 0 Å². The van der Waals surface area contributed by atoms with Crippen LogP contribution < -0.4 is 0 Å². The molecule has 1 aromatic rings. The van der Waals surface area contributed by atoms with E-state index in [1.54, 1.807) is 7.11 Å². The van der Waals surface area contributed by atoms with Crippen LogP contribution in [0.3, 0.4) is 0 Å².